The smallest absolute Gasteiger partial charge is 0.209 e. The van der Waals surface area contributed by atoms with E-state index in [1.54, 1.807) is 18.9 Å². The molecule has 4 nitrogen and oxygen atoms in total. The molecule has 6 heteroatoms. The van der Waals surface area contributed by atoms with Gasteiger partial charge in [0.15, 0.2) is 5.82 Å². The number of nitrogens with one attached hydrogen (secondary N) is 1. The standard InChI is InChI=1S/C17H16BrN3OS/c1-11-7-8-15(22-2)12(9-11)10-23-17-19-16(20-21-17)13-5-3-4-6-14(13)18/h3-9H,10H2,1-2H3,(H,19,20,21). The van der Waals surface area contributed by atoms with Crippen molar-refractivity contribution in [1.82, 2.24) is 15.2 Å². The molecule has 1 heterocycles. The summed E-state index contributed by atoms with van der Waals surface area (Å²) in [4.78, 5) is 4.56. The molecule has 0 radical (unpaired) electrons. The Bertz CT molecular complexity index is 819. The fourth-order valence-electron chi connectivity index (χ4n) is 2.25. The molecule has 0 aliphatic rings. The molecule has 0 aliphatic heterocycles. The van der Waals surface area contributed by atoms with E-state index in [2.05, 4.69) is 44.1 Å². The van der Waals surface area contributed by atoms with Crippen molar-refractivity contribution in [2.24, 2.45) is 0 Å². The number of nitrogens with zero attached hydrogens (tertiary/aromatic N) is 2. The maximum Gasteiger partial charge on any atom is 0.209 e. The van der Waals surface area contributed by atoms with Crippen LogP contribution in [0.1, 0.15) is 11.1 Å². The molecule has 0 saturated carbocycles. The van der Waals surface area contributed by atoms with Gasteiger partial charge in [-0.3, -0.25) is 5.10 Å². The lowest BCUT2D eigenvalue weighted by molar-refractivity contribution is 0.411. The second-order valence-electron chi connectivity index (χ2n) is 5.05. The van der Waals surface area contributed by atoms with E-state index in [4.69, 9.17) is 4.74 Å². The number of aromatic amines is 1. The van der Waals surface area contributed by atoms with Crippen LogP contribution in [0, 0.1) is 6.92 Å². The Kier molecular flexibility index (Phi) is 5.03. The van der Waals surface area contributed by atoms with Crippen LogP contribution in [0.15, 0.2) is 52.1 Å². The minimum absolute atomic E-state index is 0.722. The molecular formula is C17H16BrN3OS. The molecule has 0 bridgehead atoms. The maximum atomic E-state index is 5.41. The van der Waals surface area contributed by atoms with Gasteiger partial charge in [-0.25, -0.2) is 4.98 Å². The minimum atomic E-state index is 0.722. The number of benzene rings is 2. The van der Waals surface area contributed by atoms with Crippen LogP contribution >= 0.6 is 27.7 Å². The summed E-state index contributed by atoms with van der Waals surface area (Å²) in [7, 11) is 1.69. The van der Waals surface area contributed by atoms with Crippen molar-refractivity contribution in [3.8, 4) is 17.1 Å². The first-order valence-corrected chi connectivity index (χ1v) is 8.89. The van der Waals surface area contributed by atoms with Crippen LogP contribution in [0.5, 0.6) is 5.75 Å². The molecule has 0 amide bonds. The Morgan fingerprint density at radius 3 is 2.83 bits per heavy atom. The van der Waals surface area contributed by atoms with Crippen molar-refractivity contribution in [3.05, 3.63) is 58.1 Å². The van der Waals surface area contributed by atoms with Gasteiger partial charge in [0, 0.05) is 21.4 Å². The topological polar surface area (TPSA) is 50.8 Å². The van der Waals surface area contributed by atoms with E-state index in [1.807, 2.05) is 36.4 Å². The van der Waals surface area contributed by atoms with Crippen molar-refractivity contribution in [3.63, 3.8) is 0 Å². The number of aromatic nitrogens is 3. The zero-order chi connectivity index (χ0) is 16.2. The summed E-state index contributed by atoms with van der Waals surface area (Å²) in [6, 6.07) is 14.1. The highest BCUT2D eigenvalue weighted by molar-refractivity contribution is 9.10. The van der Waals surface area contributed by atoms with E-state index >= 15 is 0 Å². The molecule has 23 heavy (non-hydrogen) atoms. The Balaban J connectivity index is 1.76. The number of hydrogen-bond acceptors (Lipinski definition) is 4. The van der Waals surface area contributed by atoms with Crippen molar-refractivity contribution < 1.29 is 4.74 Å². The number of halogens is 1. The number of H-pyrrole nitrogens is 1. The number of rotatable bonds is 5. The van der Waals surface area contributed by atoms with E-state index < -0.39 is 0 Å². The monoisotopic (exact) mass is 389 g/mol. The lowest BCUT2D eigenvalue weighted by atomic mass is 10.1. The van der Waals surface area contributed by atoms with Crippen LogP contribution in [0.4, 0.5) is 0 Å². The quantitative estimate of drug-likeness (QED) is 0.634. The average molecular weight is 390 g/mol. The molecule has 0 atom stereocenters. The van der Waals surface area contributed by atoms with Crippen LogP contribution in [0.3, 0.4) is 0 Å². The predicted octanol–water partition coefficient (Wildman–Crippen LogP) is 4.84. The van der Waals surface area contributed by atoms with Crippen LogP contribution in [0.2, 0.25) is 0 Å². The lowest BCUT2D eigenvalue weighted by Crippen LogP contribution is -1.91. The summed E-state index contributed by atoms with van der Waals surface area (Å²) >= 11 is 5.12. The van der Waals surface area contributed by atoms with Gasteiger partial charge in [-0.15, -0.1) is 5.10 Å². The van der Waals surface area contributed by atoms with Gasteiger partial charge in [-0.05, 0) is 19.1 Å². The first kappa shape index (κ1) is 16.1. The van der Waals surface area contributed by atoms with E-state index in [1.165, 1.54) is 5.56 Å². The van der Waals surface area contributed by atoms with E-state index in [-0.39, 0.29) is 0 Å². The number of thioether (sulfide) groups is 1. The zero-order valence-corrected chi connectivity index (χ0v) is 15.2. The largest absolute Gasteiger partial charge is 0.496 e. The fourth-order valence-corrected chi connectivity index (χ4v) is 3.50. The molecule has 3 rings (SSSR count). The highest BCUT2D eigenvalue weighted by atomic mass is 79.9. The van der Waals surface area contributed by atoms with E-state index in [0.717, 1.165) is 38.1 Å². The summed E-state index contributed by atoms with van der Waals surface area (Å²) < 4.78 is 6.40. The molecule has 3 aromatic rings. The third-order valence-electron chi connectivity index (χ3n) is 3.39. The van der Waals surface area contributed by atoms with Crippen LogP contribution < -0.4 is 4.74 Å². The highest BCUT2D eigenvalue weighted by Crippen LogP contribution is 2.29. The highest BCUT2D eigenvalue weighted by Gasteiger charge is 2.10. The van der Waals surface area contributed by atoms with Gasteiger partial charge < -0.3 is 4.74 Å². The Labute approximate surface area is 147 Å². The third-order valence-corrected chi connectivity index (χ3v) is 4.97. The molecular weight excluding hydrogens is 374 g/mol. The van der Waals surface area contributed by atoms with Crippen molar-refractivity contribution >= 4 is 27.7 Å². The summed E-state index contributed by atoms with van der Waals surface area (Å²) in [6.45, 7) is 2.07. The summed E-state index contributed by atoms with van der Waals surface area (Å²) in [5.74, 6) is 2.42. The molecule has 0 saturated heterocycles. The fraction of sp³-hybridized carbons (Fsp3) is 0.176. The van der Waals surface area contributed by atoms with Gasteiger partial charge in [0.1, 0.15) is 5.75 Å². The van der Waals surface area contributed by atoms with Crippen LogP contribution in [-0.4, -0.2) is 22.3 Å². The molecule has 0 spiro atoms. The summed E-state index contributed by atoms with van der Waals surface area (Å²) in [6.07, 6.45) is 0. The second kappa shape index (κ2) is 7.19. The zero-order valence-electron chi connectivity index (χ0n) is 12.8. The lowest BCUT2D eigenvalue weighted by Gasteiger charge is -2.08. The van der Waals surface area contributed by atoms with E-state index in [0.29, 0.717) is 0 Å². The van der Waals surface area contributed by atoms with Gasteiger partial charge in [0.2, 0.25) is 5.16 Å². The van der Waals surface area contributed by atoms with Crippen molar-refractivity contribution in [1.29, 1.82) is 0 Å². The van der Waals surface area contributed by atoms with Gasteiger partial charge in [-0.1, -0.05) is 63.6 Å². The maximum absolute atomic E-state index is 5.41. The van der Waals surface area contributed by atoms with Gasteiger partial charge in [0.25, 0.3) is 0 Å². The van der Waals surface area contributed by atoms with E-state index in [9.17, 15) is 0 Å². The van der Waals surface area contributed by atoms with Gasteiger partial charge in [-0.2, -0.15) is 0 Å². The second-order valence-corrected chi connectivity index (χ2v) is 6.85. The molecule has 118 valence electrons. The Hall–Kier alpha value is -1.79. The summed E-state index contributed by atoms with van der Waals surface area (Å²) in [5, 5.41) is 8.01. The average Bonchev–Trinajstić information content (AvgIpc) is 3.02. The third kappa shape index (κ3) is 3.76. The Morgan fingerprint density at radius 1 is 1.22 bits per heavy atom. The minimum Gasteiger partial charge on any atom is -0.496 e. The van der Waals surface area contributed by atoms with Crippen molar-refractivity contribution in [2.75, 3.05) is 7.11 Å². The normalized spacial score (nSPS) is 10.7. The molecule has 0 unspecified atom stereocenters. The van der Waals surface area contributed by atoms with Gasteiger partial charge >= 0.3 is 0 Å². The molecule has 0 aliphatic carbocycles. The first-order chi connectivity index (χ1) is 11.2. The molecule has 2 aromatic carbocycles. The van der Waals surface area contributed by atoms with Crippen LogP contribution in [0.25, 0.3) is 11.4 Å². The van der Waals surface area contributed by atoms with Crippen LogP contribution in [-0.2, 0) is 5.75 Å². The van der Waals surface area contributed by atoms with Gasteiger partial charge in [0.05, 0.1) is 7.11 Å². The predicted molar refractivity (Wildman–Crippen MR) is 96.8 cm³/mol. The number of methoxy groups -OCH3 is 1. The summed E-state index contributed by atoms with van der Waals surface area (Å²) in [5.41, 5.74) is 3.36. The molecule has 0 fully saturated rings. The number of ether oxygens (including phenoxy) is 1. The molecule has 1 N–H and O–H groups in total. The molecule has 1 aromatic heterocycles. The number of hydrogen-bond donors (Lipinski definition) is 1. The Morgan fingerprint density at radius 2 is 2.04 bits per heavy atom. The first-order valence-electron chi connectivity index (χ1n) is 7.11. The number of aryl methyl sites for hydroxylation is 1. The van der Waals surface area contributed by atoms with Crippen molar-refractivity contribution in [2.45, 2.75) is 17.8 Å². The SMILES string of the molecule is COc1ccc(C)cc1CSc1n[nH]c(-c2ccccc2Br)n1.